The summed E-state index contributed by atoms with van der Waals surface area (Å²) in [6.45, 7) is 11.2. The van der Waals surface area contributed by atoms with Crippen LogP contribution >= 0.6 is 0 Å². The van der Waals surface area contributed by atoms with Crippen LogP contribution in [0, 0.1) is 0 Å². The summed E-state index contributed by atoms with van der Waals surface area (Å²) in [5.74, 6) is 0. The predicted molar refractivity (Wildman–Crippen MR) is 68.9 cm³/mol. The van der Waals surface area contributed by atoms with Crippen molar-refractivity contribution in [3.63, 3.8) is 0 Å². The van der Waals surface area contributed by atoms with Crippen LogP contribution < -0.4 is 0 Å². The minimum atomic E-state index is -0.712. The molecule has 100 valence electrons. The summed E-state index contributed by atoms with van der Waals surface area (Å²) in [5.41, 5.74) is 0. The molecule has 2 atom stereocenters. The van der Waals surface area contributed by atoms with Gasteiger partial charge in [-0.1, -0.05) is 6.08 Å². The Labute approximate surface area is 104 Å². The Morgan fingerprint density at radius 2 is 1.65 bits per heavy atom. The fourth-order valence-corrected chi connectivity index (χ4v) is 1.68. The molecule has 0 bridgehead atoms. The van der Waals surface area contributed by atoms with Gasteiger partial charge in [-0.2, -0.15) is 0 Å². The summed E-state index contributed by atoms with van der Waals surface area (Å²) < 4.78 is 5.29. The highest BCUT2D eigenvalue weighted by atomic mass is 16.6. The standard InChI is InChI=1S/C13H25NO3/c1-7-8-12(11(6)15)17-13(16)14(9(2)3)10(4)5/h7-12,15H,1-6H3/b8-7-. The normalized spacial score (nSPS) is 15.4. The van der Waals surface area contributed by atoms with Gasteiger partial charge in [-0.3, -0.25) is 0 Å². The maximum absolute atomic E-state index is 12.0. The summed E-state index contributed by atoms with van der Waals surface area (Å²) in [6.07, 6.45) is 1.75. The highest BCUT2D eigenvalue weighted by molar-refractivity contribution is 5.68. The van der Waals surface area contributed by atoms with Crippen molar-refractivity contribution in [3.8, 4) is 0 Å². The van der Waals surface area contributed by atoms with Gasteiger partial charge >= 0.3 is 6.09 Å². The van der Waals surface area contributed by atoms with Crippen molar-refractivity contribution < 1.29 is 14.6 Å². The van der Waals surface area contributed by atoms with E-state index in [2.05, 4.69) is 0 Å². The molecular formula is C13H25NO3. The molecule has 0 heterocycles. The fraction of sp³-hybridized carbons (Fsp3) is 0.769. The third-order valence-corrected chi connectivity index (χ3v) is 2.42. The molecule has 0 saturated carbocycles. The monoisotopic (exact) mass is 243 g/mol. The SMILES string of the molecule is C/C=C\C(OC(=O)N(C(C)C)C(C)C)C(C)O. The molecular weight excluding hydrogens is 218 g/mol. The van der Waals surface area contributed by atoms with Crippen molar-refractivity contribution in [1.29, 1.82) is 0 Å². The van der Waals surface area contributed by atoms with Crippen LogP contribution in [-0.2, 0) is 4.74 Å². The second kappa shape index (κ2) is 7.33. The van der Waals surface area contributed by atoms with Crippen molar-refractivity contribution in [3.05, 3.63) is 12.2 Å². The van der Waals surface area contributed by atoms with Gasteiger partial charge in [0.15, 0.2) is 0 Å². The molecule has 4 heteroatoms. The zero-order valence-corrected chi connectivity index (χ0v) is 11.7. The van der Waals surface area contributed by atoms with Gasteiger partial charge in [-0.05, 0) is 47.6 Å². The average molecular weight is 243 g/mol. The Morgan fingerprint density at radius 3 is 1.94 bits per heavy atom. The highest BCUT2D eigenvalue weighted by Crippen LogP contribution is 2.11. The molecule has 0 rings (SSSR count). The van der Waals surface area contributed by atoms with Gasteiger partial charge in [0.05, 0.1) is 6.10 Å². The Kier molecular flexibility index (Phi) is 6.88. The topological polar surface area (TPSA) is 49.8 Å². The first-order chi connectivity index (χ1) is 7.81. The number of nitrogens with zero attached hydrogens (tertiary/aromatic N) is 1. The highest BCUT2D eigenvalue weighted by Gasteiger charge is 2.25. The number of allylic oxidation sites excluding steroid dienone is 1. The molecule has 0 aliphatic rings. The van der Waals surface area contributed by atoms with E-state index in [9.17, 15) is 9.90 Å². The number of carbonyl (C=O) groups is 1. The number of rotatable bonds is 5. The third kappa shape index (κ3) is 5.22. The largest absolute Gasteiger partial charge is 0.439 e. The molecule has 0 radical (unpaired) electrons. The van der Waals surface area contributed by atoms with Crippen LogP contribution in [0.1, 0.15) is 41.5 Å². The molecule has 0 aliphatic carbocycles. The zero-order valence-electron chi connectivity index (χ0n) is 11.7. The van der Waals surface area contributed by atoms with E-state index in [4.69, 9.17) is 4.74 Å². The number of carbonyl (C=O) groups excluding carboxylic acids is 1. The van der Waals surface area contributed by atoms with E-state index < -0.39 is 12.2 Å². The second-order valence-corrected chi connectivity index (χ2v) is 4.71. The van der Waals surface area contributed by atoms with Crippen LogP contribution in [-0.4, -0.2) is 40.4 Å². The van der Waals surface area contributed by atoms with Crippen molar-refractivity contribution in [2.45, 2.75) is 65.8 Å². The van der Waals surface area contributed by atoms with Gasteiger partial charge in [-0.15, -0.1) is 0 Å². The number of aliphatic hydroxyl groups excluding tert-OH is 1. The van der Waals surface area contributed by atoms with E-state index in [1.54, 1.807) is 24.0 Å². The fourth-order valence-electron chi connectivity index (χ4n) is 1.68. The third-order valence-electron chi connectivity index (χ3n) is 2.42. The predicted octanol–water partition coefficient (Wildman–Crippen LogP) is 2.57. The Hall–Kier alpha value is -1.03. The van der Waals surface area contributed by atoms with Crippen molar-refractivity contribution in [1.82, 2.24) is 4.90 Å². The van der Waals surface area contributed by atoms with Crippen molar-refractivity contribution in [2.75, 3.05) is 0 Å². The van der Waals surface area contributed by atoms with Gasteiger partial charge in [0, 0.05) is 12.1 Å². The number of amides is 1. The minimum Gasteiger partial charge on any atom is -0.439 e. The van der Waals surface area contributed by atoms with Gasteiger partial charge in [0.2, 0.25) is 0 Å². The summed E-state index contributed by atoms with van der Waals surface area (Å²) in [7, 11) is 0. The molecule has 0 saturated heterocycles. The molecule has 1 amide bonds. The molecule has 0 aromatic heterocycles. The molecule has 0 spiro atoms. The minimum absolute atomic E-state index is 0.0720. The van der Waals surface area contributed by atoms with Gasteiger partial charge in [-0.25, -0.2) is 4.79 Å². The van der Waals surface area contributed by atoms with Crippen LogP contribution in [0.5, 0.6) is 0 Å². The van der Waals surface area contributed by atoms with Gasteiger partial charge in [0.25, 0.3) is 0 Å². The summed E-state index contributed by atoms with van der Waals surface area (Å²) in [6, 6.07) is 0.144. The van der Waals surface area contributed by atoms with Crippen molar-refractivity contribution >= 4 is 6.09 Å². The molecule has 2 unspecified atom stereocenters. The average Bonchev–Trinajstić information content (AvgIpc) is 2.15. The van der Waals surface area contributed by atoms with Crippen LogP contribution in [0.25, 0.3) is 0 Å². The smallest absolute Gasteiger partial charge is 0.410 e. The van der Waals surface area contributed by atoms with Gasteiger partial charge in [0.1, 0.15) is 6.10 Å². The number of ether oxygens (including phenoxy) is 1. The maximum atomic E-state index is 12.0. The summed E-state index contributed by atoms with van der Waals surface area (Å²) >= 11 is 0. The Balaban J connectivity index is 4.68. The lowest BCUT2D eigenvalue weighted by molar-refractivity contribution is 0.00961. The second-order valence-electron chi connectivity index (χ2n) is 4.71. The van der Waals surface area contributed by atoms with E-state index in [1.165, 1.54) is 0 Å². The molecule has 0 aliphatic heterocycles. The lowest BCUT2D eigenvalue weighted by Gasteiger charge is -2.31. The number of hydrogen-bond acceptors (Lipinski definition) is 3. The van der Waals surface area contributed by atoms with E-state index >= 15 is 0 Å². The quantitative estimate of drug-likeness (QED) is 0.755. The number of aliphatic hydroxyl groups is 1. The van der Waals surface area contributed by atoms with Crippen molar-refractivity contribution in [2.24, 2.45) is 0 Å². The summed E-state index contributed by atoms with van der Waals surface area (Å²) in [5, 5.41) is 9.50. The lowest BCUT2D eigenvalue weighted by atomic mass is 10.2. The number of hydrogen-bond donors (Lipinski definition) is 1. The van der Waals surface area contributed by atoms with Crippen LogP contribution in [0.3, 0.4) is 0 Å². The van der Waals surface area contributed by atoms with E-state index in [1.807, 2.05) is 34.6 Å². The molecule has 1 N–H and O–H groups in total. The molecule has 0 fully saturated rings. The molecule has 17 heavy (non-hydrogen) atoms. The van der Waals surface area contributed by atoms with Crippen LogP contribution in [0.15, 0.2) is 12.2 Å². The van der Waals surface area contributed by atoms with E-state index in [-0.39, 0.29) is 18.2 Å². The Bertz CT molecular complexity index is 251. The molecule has 4 nitrogen and oxygen atoms in total. The van der Waals surface area contributed by atoms with Crippen LogP contribution in [0.2, 0.25) is 0 Å². The first-order valence-corrected chi connectivity index (χ1v) is 6.11. The Morgan fingerprint density at radius 1 is 1.18 bits per heavy atom. The van der Waals surface area contributed by atoms with E-state index in [0.29, 0.717) is 0 Å². The molecule has 0 aromatic carbocycles. The van der Waals surface area contributed by atoms with Gasteiger partial charge < -0.3 is 14.7 Å². The molecule has 0 aromatic rings. The van der Waals surface area contributed by atoms with E-state index in [0.717, 1.165) is 0 Å². The summed E-state index contributed by atoms with van der Waals surface area (Å²) in [4.78, 5) is 13.6. The zero-order chi connectivity index (χ0) is 13.6. The first kappa shape index (κ1) is 16.0. The first-order valence-electron chi connectivity index (χ1n) is 6.11. The maximum Gasteiger partial charge on any atom is 0.410 e. The van der Waals surface area contributed by atoms with Crippen LogP contribution in [0.4, 0.5) is 4.79 Å². The lowest BCUT2D eigenvalue weighted by Crippen LogP contribution is -2.44.